The molecule has 1 amide bonds. The third-order valence-electron chi connectivity index (χ3n) is 10.1. The van der Waals surface area contributed by atoms with Gasteiger partial charge in [-0.05, 0) is 32.1 Å². The summed E-state index contributed by atoms with van der Waals surface area (Å²) in [5.41, 5.74) is 0. The van der Waals surface area contributed by atoms with Crippen LogP contribution in [0.1, 0.15) is 232 Å². The number of nitrogens with one attached hydrogen (secondary N) is 1. The van der Waals surface area contributed by atoms with Crippen LogP contribution < -0.4 is 5.32 Å². The van der Waals surface area contributed by atoms with Crippen LogP contribution in [0.2, 0.25) is 0 Å². The van der Waals surface area contributed by atoms with Gasteiger partial charge in [0.25, 0.3) is 0 Å². The largest absolute Gasteiger partial charge is 0.466 e. The second-order valence-electron chi connectivity index (χ2n) is 15.0. The zero-order chi connectivity index (χ0) is 36.6. The topological polar surface area (TPSA) is 95.9 Å². The van der Waals surface area contributed by atoms with E-state index in [0.717, 1.165) is 57.8 Å². The van der Waals surface area contributed by atoms with Gasteiger partial charge in [-0.15, -0.1) is 0 Å². The molecule has 0 bridgehead atoms. The van der Waals surface area contributed by atoms with Gasteiger partial charge in [-0.1, -0.05) is 199 Å². The molecule has 0 aliphatic rings. The number of aliphatic hydroxyl groups excluding tert-OH is 2. The monoisotopic (exact) mass is 708 g/mol. The Morgan fingerprint density at radius 2 is 0.920 bits per heavy atom. The fourth-order valence-corrected chi connectivity index (χ4v) is 6.63. The summed E-state index contributed by atoms with van der Waals surface area (Å²) >= 11 is 0. The molecule has 0 saturated heterocycles. The van der Waals surface area contributed by atoms with Gasteiger partial charge in [0.15, 0.2) is 0 Å². The van der Waals surface area contributed by atoms with Crippen molar-refractivity contribution in [3.05, 3.63) is 12.2 Å². The van der Waals surface area contributed by atoms with Crippen molar-refractivity contribution in [2.75, 3.05) is 13.2 Å². The first-order valence-corrected chi connectivity index (χ1v) is 22.0. The molecule has 0 saturated carbocycles. The van der Waals surface area contributed by atoms with E-state index in [-0.39, 0.29) is 18.5 Å². The van der Waals surface area contributed by atoms with Crippen LogP contribution in [0.3, 0.4) is 0 Å². The van der Waals surface area contributed by atoms with Crippen LogP contribution in [0, 0.1) is 0 Å². The average molecular weight is 708 g/mol. The Morgan fingerprint density at radius 3 is 1.36 bits per heavy atom. The molecule has 0 aromatic carbocycles. The molecule has 6 nitrogen and oxygen atoms in total. The summed E-state index contributed by atoms with van der Waals surface area (Å²) < 4.78 is 5.43. The molecule has 0 heterocycles. The second kappa shape index (κ2) is 40.4. The summed E-state index contributed by atoms with van der Waals surface area (Å²) in [5, 5.41) is 22.9. The van der Waals surface area contributed by atoms with E-state index in [9.17, 15) is 19.8 Å². The van der Waals surface area contributed by atoms with Crippen molar-refractivity contribution in [2.24, 2.45) is 0 Å². The average Bonchev–Trinajstić information content (AvgIpc) is 3.11. The predicted octanol–water partition coefficient (Wildman–Crippen LogP) is 12.2. The molecule has 0 aromatic rings. The van der Waals surface area contributed by atoms with Gasteiger partial charge >= 0.3 is 5.97 Å². The van der Waals surface area contributed by atoms with E-state index in [4.69, 9.17) is 4.74 Å². The van der Waals surface area contributed by atoms with E-state index in [2.05, 4.69) is 19.2 Å². The van der Waals surface area contributed by atoms with E-state index in [0.29, 0.717) is 19.4 Å². The molecular weight excluding hydrogens is 622 g/mol. The first-order chi connectivity index (χ1) is 24.5. The molecule has 3 N–H and O–H groups in total. The zero-order valence-electron chi connectivity index (χ0n) is 33.4. The van der Waals surface area contributed by atoms with Gasteiger partial charge in [-0.3, -0.25) is 9.59 Å². The number of rotatable bonds is 40. The Labute approximate surface area is 310 Å². The first kappa shape index (κ1) is 48.6. The first-order valence-electron chi connectivity index (χ1n) is 22.0. The summed E-state index contributed by atoms with van der Waals surface area (Å²) in [6, 6.07) is -0.635. The predicted molar refractivity (Wildman–Crippen MR) is 213 cm³/mol. The quantitative estimate of drug-likeness (QED) is 0.0335. The third kappa shape index (κ3) is 36.4. The fourth-order valence-electron chi connectivity index (χ4n) is 6.63. The van der Waals surface area contributed by atoms with Crippen LogP contribution in [0.15, 0.2) is 12.2 Å². The molecule has 0 aromatic heterocycles. The molecule has 0 rings (SSSR count). The summed E-state index contributed by atoms with van der Waals surface area (Å²) in [6.07, 6.45) is 43.3. The molecule has 0 aliphatic heterocycles. The minimum absolute atomic E-state index is 0.0120. The standard InChI is InChI=1S/C44H85NO5/c1-3-5-7-9-11-13-17-22-26-30-34-38-44(49)50-39-35-31-27-23-19-16-15-18-21-25-29-33-37-43(48)45-41(40-46)42(47)36-32-28-24-20-14-12-10-8-6-4-2/h32,36,41-42,46-47H,3-31,33-35,37-40H2,1-2H3,(H,45,48)/b36-32+. The van der Waals surface area contributed by atoms with Crippen molar-refractivity contribution in [1.29, 1.82) is 0 Å². The molecule has 296 valence electrons. The number of hydrogen-bond acceptors (Lipinski definition) is 5. The molecule has 0 fully saturated rings. The SMILES string of the molecule is CCCCCCCCCC/C=C/C(O)C(CO)NC(=O)CCCCCCCCCCCCCCOC(=O)CCCCCCCCCCCCC. The van der Waals surface area contributed by atoms with Gasteiger partial charge in [-0.25, -0.2) is 0 Å². The van der Waals surface area contributed by atoms with Crippen molar-refractivity contribution in [3.63, 3.8) is 0 Å². The molecule has 0 radical (unpaired) electrons. The number of hydrogen-bond donors (Lipinski definition) is 3. The van der Waals surface area contributed by atoms with Gasteiger partial charge in [0, 0.05) is 12.8 Å². The van der Waals surface area contributed by atoms with E-state index in [1.807, 2.05) is 6.08 Å². The van der Waals surface area contributed by atoms with Crippen LogP contribution in [0.4, 0.5) is 0 Å². The van der Waals surface area contributed by atoms with Gasteiger partial charge in [-0.2, -0.15) is 0 Å². The maximum atomic E-state index is 12.3. The van der Waals surface area contributed by atoms with E-state index >= 15 is 0 Å². The highest BCUT2D eigenvalue weighted by Crippen LogP contribution is 2.15. The Hall–Kier alpha value is -1.40. The second-order valence-corrected chi connectivity index (χ2v) is 15.0. The normalized spacial score (nSPS) is 12.8. The number of carbonyl (C=O) groups excluding carboxylic acids is 2. The van der Waals surface area contributed by atoms with E-state index in [1.165, 1.54) is 148 Å². The van der Waals surface area contributed by atoms with Crippen LogP contribution in [-0.4, -0.2) is 47.4 Å². The van der Waals surface area contributed by atoms with E-state index in [1.54, 1.807) is 6.08 Å². The molecular formula is C44H85NO5. The number of ether oxygens (including phenoxy) is 1. The highest BCUT2D eigenvalue weighted by molar-refractivity contribution is 5.76. The number of unbranched alkanes of at least 4 members (excludes halogenated alkanes) is 29. The van der Waals surface area contributed by atoms with Crippen LogP contribution in [0.25, 0.3) is 0 Å². The van der Waals surface area contributed by atoms with Crippen molar-refractivity contribution >= 4 is 11.9 Å². The van der Waals surface area contributed by atoms with Crippen LogP contribution in [0.5, 0.6) is 0 Å². The number of amides is 1. The molecule has 0 spiro atoms. The highest BCUT2D eigenvalue weighted by Gasteiger charge is 2.18. The lowest BCUT2D eigenvalue weighted by atomic mass is 10.0. The molecule has 6 heteroatoms. The minimum Gasteiger partial charge on any atom is -0.466 e. The summed E-state index contributed by atoms with van der Waals surface area (Å²) in [6.45, 7) is 4.83. The molecule has 0 aliphatic carbocycles. The number of aliphatic hydroxyl groups is 2. The summed E-state index contributed by atoms with van der Waals surface area (Å²) in [4.78, 5) is 24.3. The smallest absolute Gasteiger partial charge is 0.305 e. The summed E-state index contributed by atoms with van der Waals surface area (Å²) in [5.74, 6) is -0.0978. The lowest BCUT2D eigenvalue weighted by Gasteiger charge is -2.20. The number of carbonyl (C=O) groups is 2. The van der Waals surface area contributed by atoms with Crippen LogP contribution in [-0.2, 0) is 14.3 Å². The Balaban J connectivity index is 3.49. The maximum Gasteiger partial charge on any atom is 0.305 e. The Morgan fingerprint density at radius 1 is 0.540 bits per heavy atom. The maximum absolute atomic E-state index is 12.3. The lowest BCUT2D eigenvalue weighted by molar-refractivity contribution is -0.143. The number of esters is 1. The van der Waals surface area contributed by atoms with Gasteiger partial charge in [0.1, 0.15) is 0 Å². The van der Waals surface area contributed by atoms with Gasteiger partial charge in [0.05, 0.1) is 25.4 Å². The van der Waals surface area contributed by atoms with Crippen molar-refractivity contribution in [3.8, 4) is 0 Å². The van der Waals surface area contributed by atoms with Crippen molar-refractivity contribution in [1.82, 2.24) is 5.32 Å². The Bertz CT molecular complexity index is 742. The number of allylic oxidation sites excluding steroid dienone is 1. The molecule has 2 atom stereocenters. The summed E-state index contributed by atoms with van der Waals surface area (Å²) in [7, 11) is 0. The van der Waals surface area contributed by atoms with Crippen molar-refractivity contribution in [2.45, 2.75) is 244 Å². The van der Waals surface area contributed by atoms with Gasteiger partial charge < -0.3 is 20.3 Å². The fraction of sp³-hybridized carbons (Fsp3) is 0.909. The zero-order valence-corrected chi connectivity index (χ0v) is 33.4. The Kier molecular flexibility index (Phi) is 39.2. The van der Waals surface area contributed by atoms with E-state index < -0.39 is 12.1 Å². The minimum atomic E-state index is -0.850. The van der Waals surface area contributed by atoms with Crippen LogP contribution >= 0.6 is 0 Å². The molecule has 50 heavy (non-hydrogen) atoms. The van der Waals surface area contributed by atoms with Crippen molar-refractivity contribution < 1.29 is 24.5 Å². The molecule has 2 unspecified atom stereocenters. The lowest BCUT2D eigenvalue weighted by Crippen LogP contribution is -2.45. The highest BCUT2D eigenvalue weighted by atomic mass is 16.5. The third-order valence-corrected chi connectivity index (χ3v) is 10.1. The van der Waals surface area contributed by atoms with Gasteiger partial charge in [0.2, 0.25) is 5.91 Å².